The van der Waals surface area contributed by atoms with E-state index in [1.807, 2.05) is 0 Å². The highest BCUT2D eigenvalue weighted by atomic mass is 16.6. The minimum Gasteiger partial charge on any atom is -0.370 e. The molecular formula is C16H19N3O2. The monoisotopic (exact) mass is 285 g/mol. The molecule has 1 aliphatic heterocycles. The molecule has 1 saturated carbocycles. The van der Waals surface area contributed by atoms with E-state index in [4.69, 9.17) is 0 Å². The fraction of sp³-hybridized carbons (Fsp3) is 0.562. The van der Waals surface area contributed by atoms with E-state index in [1.54, 1.807) is 6.07 Å². The van der Waals surface area contributed by atoms with Gasteiger partial charge in [-0.25, -0.2) is 0 Å². The predicted octanol–water partition coefficient (Wildman–Crippen LogP) is 3.48. The van der Waals surface area contributed by atoms with E-state index in [9.17, 15) is 15.4 Å². The lowest BCUT2D eigenvalue weighted by atomic mass is 9.75. The average molecular weight is 285 g/mol. The van der Waals surface area contributed by atoms with Crippen molar-refractivity contribution in [2.75, 3.05) is 18.0 Å². The van der Waals surface area contributed by atoms with Gasteiger partial charge in [-0.3, -0.25) is 10.1 Å². The summed E-state index contributed by atoms with van der Waals surface area (Å²) in [6.45, 7) is 1.94. The molecular weight excluding hydrogens is 266 g/mol. The molecule has 0 bridgehead atoms. The maximum absolute atomic E-state index is 10.8. The summed E-state index contributed by atoms with van der Waals surface area (Å²) in [5.74, 6) is 1.55. The molecule has 1 heterocycles. The van der Waals surface area contributed by atoms with Crippen LogP contribution in [0.2, 0.25) is 0 Å². The molecule has 1 aromatic rings. The molecule has 1 aromatic carbocycles. The van der Waals surface area contributed by atoms with Crippen molar-refractivity contribution in [2.24, 2.45) is 11.8 Å². The lowest BCUT2D eigenvalue weighted by Crippen LogP contribution is -2.42. The molecule has 2 aliphatic rings. The smallest absolute Gasteiger partial charge is 0.270 e. The topological polar surface area (TPSA) is 70.2 Å². The first kappa shape index (κ1) is 13.9. The second-order valence-corrected chi connectivity index (χ2v) is 6.11. The van der Waals surface area contributed by atoms with E-state index in [-0.39, 0.29) is 5.69 Å². The average Bonchev–Trinajstić information content (AvgIpc) is 2.53. The number of nitrogens with zero attached hydrogens (tertiary/aromatic N) is 3. The molecule has 1 aliphatic carbocycles. The zero-order valence-electron chi connectivity index (χ0n) is 12.0. The van der Waals surface area contributed by atoms with Gasteiger partial charge in [0.05, 0.1) is 16.2 Å². The third kappa shape index (κ3) is 2.71. The van der Waals surface area contributed by atoms with Crippen molar-refractivity contribution in [3.8, 4) is 6.07 Å². The van der Waals surface area contributed by atoms with Gasteiger partial charge >= 0.3 is 0 Å². The highest BCUT2D eigenvalue weighted by molar-refractivity contribution is 5.63. The van der Waals surface area contributed by atoms with Crippen molar-refractivity contribution in [1.82, 2.24) is 0 Å². The number of benzene rings is 1. The van der Waals surface area contributed by atoms with Crippen molar-refractivity contribution in [3.05, 3.63) is 33.9 Å². The van der Waals surface area contributed by atoms with E-state index in [2.05, 4.69) is 11.0 Å². The van der Waals surface area contributed by atoms with Crippen LogP contribution in [-0.2, 0) is 0 Å². The fourth-order valence-electron chi connectivity index (χ4n) is 3.82. The van der Waals surface area contributed by atoms with Gasteiger partial charge in [0.1, 0.15) is 6.07 Å². The number of hydrogen-bond acceptors (Lipinski definition) is 4. The number of rotatable bonds is 2. The van der Waals surface area contributed by atoms with Gasteiger partial charge in [-0.15, -0.1) is 0 Å². The minimum atomic E-state index is -0.446. The summed E-state index contributed by atoms with van der Waals surface area (Å²) in [6, 6.07) is 6.74. The van der Waals surface area contributed by atoms with Gasteiger partial charge in [0, 0.05) is 25.2 Å². The summed E-state index contributed by atoms with van der Waals surface area (Å²) >= 11 is 0. The van der Waals surface area contributed by atoms with Crippen LogP contribution in [0, 0.1) is 33.3 Å². The third-order valence-electron chi connectivity index (χ3n) is 4.94. The second kappa shape index (κ2) is 5.72. The number of piperidine rings is 1. The van der Waals surface area contributed by atoms with Crippen LogP contribution in [0.5, 0.6) is 0 Å². The molecule has 0 radical (unpaired) electrons. The Morgan fingerprint density at radius 1 is 1.24 bits per heavy atom. The summed E-state index contributed by atoms with van der Waals surface area (Å²) in [7, 11) is 0. The molecule has 110 valence electrons. The molecule has 5 heteroatoms. The number of nitriles is 1. The molecule has 3 rings (SSSR count). The first-order chi connectivity index (χ1) is 10.2. The van der Waals surface area contributed by atoms with E-state index >= 15 is 0 Å². The fourth-order valence-corrected chi connectivity index (χ4v) is 3.82. The van der Waals surface area contributed by atoms with Gasteiger partial charge in [0.25, 0.3) is 5.69 Å². The van der Waals surface area contributed by atoms with Crippen LogP contribution in [0.1, 0.15) is 37.7 Å². The Balaban J connectivity index is 1.83. The Labute approximate surface area is 124 Å². The zero-order chi connectivity index (χ0) is 14.8. The van der Waals surface area contributed by atoms with Crippen molar-refractivity contribution in [3.63, 3.8) is 0 Å². The Morgan fingerprint density at radius 2 is 2.00 bits per heavy atom. The van der Waals surface area contributed by atoms with Gasteiger partial charge in [-0.05, 0) is 30.7 Å². The quantitative estimate of drug-likeness (QED) is 0.616. The Bertz CT molecular complexity index is 594. The first-order valence-electron chi connectivity index (χ1n) is 7.62. The van der Waals surface area contributed by atoms with Gasteiger partial charge in [-0.2, -0.15) is 5.26 Å². The summed E-state index contributed by atoms with van der Waals surface area (Å²) in [6.07, 6.45) is 6.44. The molecule has 5 nitrogen and oxygen atoms in total. The number of anilines is 1. The third-order valence-corrected chi connectivity index (χ3v) is 4.94. The lowest BCUT2D eigenvalue weighted by molar-refractivity contribution is -0.384. The summed E-state index contributed by atoms with van der Waals surface area (Å²) in [5.41, 5.74) is 1.26. The van der Waals surface area contributed by atoms with Crippen LogP contribution in [0.3, 0.4) is 0 Å². The summed E-state index contributed by atoms with van der Waals surface area (Å²) in [4.78, 5) is 12.6. The lowest BCUT2D eigenvalue weighted by Gasteiger charge is -2.42. The molecule has 1 saturated heterocycles. The molecule has 0 N–H and O–H groups in total. The summed E-state index contributed by atoms with van der Waals surface area (Å²) in [5, 5.41) is 20.1. The zero-order valence-corrected chi connectivity index (χ0v) is 12.0. The van der Waals surface area contributed by atoms with Gasteiger partial charge in [0.15, 0.2) is 0 Å². The van der Waals surface area contributed by atoms with Crippen LogP contribution >= 0.6 is 0 Å². The van der Waals surface area contributed by atoms with Crippen LogP contribution in [0.15, 0.2) is 18.2 Å². The van der Waals surface area contributed by atoms with E-state index in [1.165, 1.54) is 44.2 Å². The Kier molecular flexibility index (Phi) is 3.78. The predicted molar refractivity (Wildman–Crippen MR) is 80.1 cm³/mol. The largest absolute Gasteiger partial charge is 0.370 e. The highest BCUT2D eigenvalue weighted by Gasteiger charge is 2.32. The maximum Gasteiger partial charge on any atom is 0.270 e. The normalized spacial score (nSPS) is 25.0. The number of nitro benzene ring substituents is 1. The van der Waals surface area contributed by atoms with E-state index < -0.39 is 4.92 Å². The molecule has 21 heavy (non-hydrogen) atoms. The second-order valence-electron chi connectivity index (χ2n) is 6.11. The Hall–Kier alpha value is -2.09. The van der Waals surface area contributed by atoms with Gasteiger partial charge in [0.2, 0.25) is 0 Å². The number of nitro groups is 1. The summed E-state index contributed by atoms with van der Waals surface area (Å²) < 4.78 is 0. The van der Waals surface area contributed by atoms with Crippen molar-refractivity contribution < 1.29 is 4.92 Å². The van der Waals surface area contributed by atoms with Crippen molar-refractivity contribution >= 4 is 11.4 Å². The molecule has 0 spiro atoms. The SMILES string of the molecule is N#Cc1cc([N+](=O)[O-])ccc1N1CCC2CCCCC2C1. The number of hydrogen-bond donors (Lipinski definition) is 0. The molecule has 2 unspecified atom stereocenters. The maximum atomic E-state index is 10.8. The molecule has 2 atom stereocenters. The van der Waals surface area contributed by atoms with Crippen LogP contribution in [-0.4, -0.2) is 18.0 Å². The molecule has 0 amide bonds. The van der Waals surface area contributed by atoms with Crippen LogP contribution in [0.25, 0.3) is 0 Å². The number of fused-ring (bicyclic) bond motifs is 1. The van der Waals surface area contributed by atoms with Crippen molar-refractivity contribution in [1.29, 1.82) is 5.26 Å². The molecule has 2 fully saturated rings. The first-order valence-corrected chi connectivity index (χ1v) is 7.62. The highest BCUT2D eigenvalue weighted by Crippen LogP contribution is 2.38. The minimum absolute atomic E-state index is 0.0112. The van der Waals surface area contributed by atoms with Gasteiger partial charge in [-0.1, -0.05) is 19.3 Å². The Morgan fingerprint density at radius 3 is 2.71 bits per heavy atom. The van der Waals surface area contributed by atoms with E-state index in [0.717, 1.165) is 24.7 Å². The van der Waals surface area contributed by atoms with Crippen LogP contribution < -0.4 is 4.90 Å². The standard InChI is InChI=1S/C16H19N3O2/c17-10-14-9-15(19(20)21)5-6-16(14)18-8-7-12-3-1-2-4-13(12)11-18/h5-6,9,12-13H,1-4,7-8,11H2. The van der Waals surface area contributed by atoms with Crippen LogP contribution in [0.4, 0.5) is 11.4 Å². The number of non-ortho nitro benzene ring substituents is 1. The molecule has 0 aromatic heterocycles. The van der Waals surface area contributed by atoms with Gasteiger partial charge < -0.3 is 4.90 Å². The van der Waals surface area contributed by atoms with E-state index in [0.29, 0.717) is 11.5 Å². The van der Waals surface area contributed by atoms with Crippen molar-refractivity contribution in [2.45, 2.75) is 32.1 Å².